The summed E-state index contributed by atoms with van der Waals surface area (Å²) < 4.78 is 10.8. The maximum Gasteiger partial charge on any atom is 0.265 e. The van der Waals surface area contributed by atoms with Crippen molar-refractivity contribution in [3.8, 4) is 5.75 Å². The summed E-state index contributed by atoms with van der Waals surface area (Å²) in [7, 11) is 0. The standard InChI is InChI=1S/C16H20N2O4/c1-12(19)13-2-3-15-14(10-13)18(16(20)11-22-15)5-4-17-6-8-21-9-7-17/h2-3,10H,4-9,11H2,1H3. The van der Waals surface area contributed by atoms with Crippen LogP contribution in [0.5, 0.6) is 5.75 Å². The number of amides is 1. The summed E-state index contributed by atoms with van der Waals surface area (Å²) in [6.45, 7) is 6.21. The summed E-state index contributed by atoms with van der Waals surface area (Å²) in [5.41, 5.74) is 1.28. The number of rotatable bonds is 4. The molecule has 3 rings (SSSR count). The fraction of sp³-hybridized carbons (Fsp3) is 0.500. The molecule has 0 radical (unpaired) electrons. The third kappa shape index (κ3) is 3.13. The van der Waals surface area contributed by atoms with Gasteiger partial charge in [0.1, 0.15) is 5.75 Å². The molecule has 0 saturated carbocycles. The molecule has 1 aromatic carbocycles. The largest absolute Gasteiger partial charge is 0.482 e. The predicted molar refractivity (Wildman–Crippen MR) is 81.6 cm³/mol. The highest BCUT2D eigenvalue weighted by Gasteiger charge is 2.26. The van der Waals surface area contributed by atoms with E-state index in [4.69, 9.17) is 9.47 Å². The molecule has 0 aromatic heterocycles. The number of Topliss-reactive ketones (excluding diaryl/α,β-unsaturated/α-hetero) is 1. The van der Waals surface area contributed by atoms with Crippen LogP contribution in [0, 0.1) is 0 Å². The first-order chi connectivity index (χ1) is 10.6. The van der Waals surface area contributed by atoms with E-state index in [-0.39, 0.29) is 18.3 Å². The van der Waals surface area contributed by atoms with Crippen LogP contribution in [0.4, 0.5) is 5.69 Å². The Balaban J connectivity index is 1.77. The van der Waals surface area contributed by atoms with Gasteiger partial charge in [-0.15, -0.1) is 0 Å². The number of hydrogen-bond acceptors (Lipinski definition) is 5. The van der Waals surface area contributed by atoms with Crippen molar-refractivity contribution in [3.63, 3.8) is 0 Å². The van der Waals surface area contributed by atoms with Crippen LogP contribution in [0.25, 0.3) is 0 Å². The van der Waals surface area contributed by atoms with Gasteiger partial charge in [0.15, 0.2) is 12.4 Å². The number of carbonyl (C=O) groups is 2. The van der Waals surface area contributed by atoms with E-state index in [0.29, 0.717) is 23.5 Å². The van der Waals surface area contributed by atoms with E-state index < -0.39 is 0 Å². The number of anilines is 1. The summed E-state index contributed by atoms with van der Waals surface area (Å²) in [5, 5.41) is 0. The number of ether oxygens (including phenoxy) is 2. The number of benzene rings is 1. The van der Waals surface area contributed by atoms with E-state index in [0.717, 1.165) is 32.8 Å². The molecule has 2 aliphatic rings. The van der Waals surface area contributed by atoms with E-state index in [1.54, 1.807) is 23.1 Å². The van der Waals surface area contributed by atoms with Gasteiger partial charge in [-0.1, -0.05) is 0 Å². The van der Waals surface area contributed by atoms with Crippen molar-refractivity contribution in [3.05, 3.63) is 23.8 Å². The van der Waals surface area contributed by atoms with Crippen molar-refractivity contribution in [2.24, 2.45) is 0 Å². The van der Waals surface area contributed by atoms with Crippen LogP contribution in [-0.2, 0) is 9.53 Å². The second-order valence-corrected chi connectivity index (χ2v) is 5.53. The van der Waals surface area contributed by atoms with E-state index in [1.165, 1.54) is 6.92 Å². The van der Waals surface area contributed by atoms with Crippen molar-refractivity contribution < 1.29 is 19.1 Å². The summed E-state index contributed by atoms with van der Waals surface area (Å²) in [4.78, 5) is 27.7. The smallest absolute Gasteiger partial charge is 0.265 e. The van der Waals surface area contributed by atoms with Gasteiger partial charge in [-0.2, -0.15) is 0 Å². The lowest BCUT2D eigenvalue weighted by molar-refractivity contribution is -0.121. The third-order valence-electron chi connectivity index (χ3n) is 4.05. The van der Waals surface area contributed by atoms with Gasteiger partial charge in [0.25, 0.3) is 5.91 Å². The Bertz CT molecular complexity index is 582. The Morgan fingerprint density at radius 2 is 2.00 bits per heavy atom. The van der Waals surface area contributed by atoms with Gasteiger partial charge in [-0.25, -0.2) is 0 Å². The number of fused-ring (bicyclic) bond motifs is 1. The molecule has 1 aromatic rings. The maximum absolute atomic E-state index is 12.2. The average Bonchev–Trinajstić information content (AvgIpc) is 2.54. The number of morpholine rings is 1. The fourth-order valence-electron chi connectivity index (χ4n) is 2.73. The molecule has 6 heteroatoms. The van der Waals surface area contributed by atoms with Crippen LogP contribution in [0.15, 0.2) is 18.2 Å². The van der Waals surface area contributed by atoms with Crippen LogP contribution in [0.3, 0.4) is 0 Å². The maximum atomic E-state index is 12.2. The van der Waals surface area contributed by atoms with E-state index in [9.17, 15) is 9.59 Å². The topological polar surface area (TPSA) is 59.1 Å². The zero-order valence-corrected chi connectivity index (χ0v) is 12.7. The molecule has 0 spiro atoms. The van der Waals surface area contributed by atoms with Gasteiger partial charge >= 0.3 is 0 Å². The summed E-state index contributed by atoms with van der Waals surface area (Å²) in [6.07, 6.45) is 0. The molecule has 118 valence electrons. The summed E-state index contributed by atoms with van der Waals surface area (Å²) >= 11 is 0. The second kappa shape index (κ2) is 6.46. The van der Waals surface area contributed by atoms with Crippen LogP contribution in [0.2, 0.25) is 0 Å². The highest BCUT2D eigenvalue weighted by Crippen LogP contribution is 2.33. The Labute approximate surface area is 129 Å². The molecule has 2 heterocycles. The van der Waals surface area contributed by atoms with Crippen molar-refractivity contribution in [1.82, 2.24) is 4.90 Å². The molecule has 0 atom stereocenters. The van der Waals surface area contributed by atoms with Crippen LogP contribution in [-0.4, -0.2) is 62.6 Å². The lowest BCUT2D eigenvalue weighted by Gasteiger charge is -2.33. The summed E-state index contributed by atoms with van der Waals surface area (Å²) in [6, 6.07) is 5.24. The molecule has 22 heavy (non-hydrogen) atoms. The lowest BCUT2D eigenvalue weighted by Crippen LogP contribution is -2.46. The van der Waals surface area contributed by atoms with Crippen LogP contribution in [0.1, 0.15) is 17.3 Å². The zero-order valence-electron chi connectivity index (χ0n) is 12.7. The minimum atomic E-state index is -0.0681. The highest BCUT2D eigenvalue weighted by atomic mass is 16.5. The number of carbonyl (C=O) groups excluding carboxylic acids is 2. The molecular formula is C16H20N2O4. The Hall–Kier alpha value is -1.92. The molecule has 1 fully saturated rings. The van der Waals surface area contributed by atoms with E-state index >= 15 is 0 Å². The molecular weight excluding hydrogens is 284 g/mol. The minimum absolute atomic E-state index is 0.0195. The van der Waals surface area contributed by atoms with Gasteiger partial charge < -0.3 is 14.4 Å². The van der Waals surface area contributed by atoms with Crippen LogP contribution < -0.4 is 9.64 Å². The van der Waals surface area contributed by atoms with Gasteiger partial charge in [-0.3, -0.25) is 14.5 Å². The fourth-order valence-corrected chi connectivity index (χ4v) is 2.73. The third-order valence-corrected chi connectivity index (χ3v) is 4.05. The number of nitrogens with zero attached hydrogens (tertiary/aromatic N) is 2. The molecule has 6 nitrogen and oxygen atoms in total. The van der Waals surface area contributed by atoms with Crippen LogP contribution >= 0.6 is 0 Å². The van der Waals surface area contributed by atoms with Crippen molar-refractivity contribution in [1.29, 1.82) is 0 Å². The second-order valence-electron chi connectivity index (χ2n) is 5.53. The SMILES string of the molecule is CC(=O)c1ccc2c(c1)N(CCN1CCOCC1)C(=O)CO2. The molecule has 1 amide bonds. The Morgan fingerprint density at radius 1 is 1.23 bits per heavy atom. The highest BCUT2D eigenvalue weighted by molar-refractivity contribution is 6.01. The number of ketones is 1. The zero-order chi connectivity index (χ0) is 15.5. The Kier molecular flexibility index (Phi) is 4.40. The van der Waals surface area contributed by atoms with E-state index in [2.05, 4.69) is 4.90 Å². The Morgan fingerprint density at radius 3 is 2.73 bits per heavy atom. The predicted octanol–water partition coefficient (Wildman–Crippen LogP) is 0.947. The van der Waals surface area contributed by atoms with Crippen molar-refractivity contribution in [2.45, 2.75) is 6.92 Å². The molecule has 0 aliphatic carbocycles. The van der Waals surface area contributed by atoms with Crippen molar-refractivity contribution in [2.75, 3.05) is 50.9 Å². The molecule has 0 unspecified atom stereocenters. The number of hydrogen-bond donors (Lipinski definition) is 0. The molecule has 0 bridgehead atoms. The first kappa shape index (κ1) is 15.0. The monoisotopic (exact) mass is 304 g/mol. The van der Waals surface area contributed by atoms with Gasteiger partial charge in [0.2, 0.25) is 0 Å². The lowest BCUT2D eigenvalue weighted by atomic mass is 10.1. The normalized spacial score (nSPS) is 18.8. The first-order valence-corrected chi connectivity index (χ1v) is 7.53. The quantitative estimate of drug-likeness (QED) is 0.775. The summed E-state index contributed by atoms with van der Waals surface area (Å²) in [5.74, 6) is 0.571. The molecule has 2 aliphatic heterocycles. The van der Waals surface area contributed by atoms with Gasteiger partial charge in [0.05, 0.1) is 18.9 Å². The van der Waals surface area contributed by atoms with Crippen molar-refractivity contribution >= 4 is 17.4 Å². The minimum Gasteiger partial charge on any atom is -0.482 e. The molecule has 0 N–H and O–H groups in total. The first-order valence-electron chi connectivity index (χ1n) is 7.53. The van der Waals surface area contributed by atoms with Gasteiger partial charge in [0, 0.05) is 31.7 Å². The molecule has 1 saturated heterocycles. The van der Waals surface area contributed by atoms with Gasteiger partial charge in [-0.05, 0) is 25.1 Å². The average molecular weight is 304 g/mol. The van der Waals surface area contributed by atoms with E-state index in [1.807, 2.05) is 0 Å².